The largest absolute Gasteiger partial charge is 0.371 e. The number of sulfonamides is 1. The molecular weight excluding hydrogens is 503 g/mol. The lowest BCUT2D eigenvalue weighted by atomic mass is 10.1. The average molecular weight is 521 g/mol. The number of fused-ring (bicyclic) bond motifs is 1. The van der Waals surface area contributed by atoms with Crippen LogP contribution in [0.3, 0.4) is 0 Å². The van der Waals surface area contributed by atoms with E-state index in [2.05, 4.69) is 10.0 Å². The van der Waals surface area contributed by atoms with Crippen molar-refractivity contribution in [3.63, 3.8) is 0 Å². The van der Waals surface area contributed by atoms with Crippen LogP contribution in [0.25, 0.3) is 10.8 Å². The molecule has 0 aliphatic heterocycles. The summed E-state index contributed by atoms with van der Waals surface area (Å²) in [5.74, 6) is -0.356. The van der Waals surface area contributed by atoms with E-state index in [0.29, 0.717) is 11.1 Å². The Morgan fingerprint density at radius 1 is 0.697 bits per heavy atom. The van der Waals surface area contributed by atoms with Crippen molar-refractivity contribution in [2.75, 3.05) is 15.9 Å². The summed E-state index contributed by atoms with van der Waals surface area (Å²) in [6, 6.07) is 22.6. The number of halogens is 2. The minimum absolute atomic E-state index is 0.0888. The van der Waals surface area contributed by atoms with Gasteiger partial charge in [-0.25, -0.2) is 16.8 Å². The van der Waals surface area contributed by atoms with Gasteiger partial charge in [0.15, 0.2) is 9.84 Å². The average Bonchev–Trinajstić information content (AvgIpc) is 2.77. The summed E-state index contributed by atoms with van der Waals surface area (Å²) in [6.07, 6.45) is 0. The van der Waals surface area contributed by atoms with Gasteiger partial charge in [0.2, 0.25) is 0 Å². The summed E-state index contributed by atoms with van der Waals surface area (Å²) in [5, 5.41) is 4.64. The Kier molecular flexibility index (Phi) is 6.54. The summed E-state index contributed by atoms with van der Waals surface area (Å²) >= 11 is 11.9. The second kappa shape index (κ2) is 9.23. The van der Waals surface area contributed by atoms with Crippen LogP contribution < -0.4 is 10.0 Å². The van der Waals surface area contributed by atoms with Crippen LogP contribution in [0.1, 0.15) is 0 Å². The molecule has 0 bridgehead atoms. The maximum atomic E-state index is 13.0. The van der Waals surface area contributed by atoms with Gasteiger partial charge < -0.3 is 5.32 Å². The second-order valence-electron chi connectivity index (χ2n) is 7.20. The maximum absolute atomic E-state index is 13.0. The number of nitrogens with one attached hydrogen (secondary N) is 2. The van der Waals surface area contributed by atoms with Gasteiger partial charge in [-0.05, 0) is 47.9 Å². The molecule has 0 saturated carbocycles. The predicted molar refractivity (Wildman–Crippen MR) is 133 cm³/mol. The lowest BCUT2D eigenvalue weighted by Crippen LogP contribution is -2.16. The highest BCUT2D eigenvalue weighted by molar-refractivity contribution is 7.92. The van der Waals surface area contributed by atoms with Gasteiger partial charge in [0.1, 0.15) is 5.88 Å². The van der Waals surface area contributed by atoms with E-state index in [1.54, 1.807) is 48.5 Å². The molecule has 4 aromatic rings. The number of benzene rings is 4. The Bertz CT molecular complexity index is 1520. The normalized spacial score (nSPS) is 11.9. The van der Waals surface area contributed by atoms with Crippen LogP contribution in [0, 0.1) is 0 Å². The van der Waals surface area contributed by atoms with E-state index in [9.17, 15) is 16.8 Å². The highest BCUT2D eigenvalue weighted by atomic mass is 35.5. The first-order valence-electron chi connectivity index (χ1n) is 9.67. The zero-order chi connectivity index (χ0) is 23.6. The third-order valence-corrected chi connectivity index (χ3v) is 8.12. The van der Waals surface area contributed by atoms with Crippen molar-refractivity contribution >= 4 is 65.2 Å². The summed E-state index contributed by atoms with van der Waals surface area (Å²) in [7, 11) is -7.61. The smallest absolute Gasteiger partial charge is 0.262 e. The molecule has 0 heterocycles. The fraction of sp³-hybridized carbons (Fsp3) is 0.0435. The SMILES string of the molecule is O=S(=O)(CNc1cc(NS(=O)(=O)c2cc(Cl)cc(Cl)c2)c2ccccc2c1)c1ccccc1. The number of hydrogen-bond acceptors (Lipinski definition) is 5. The van der Waals surface area contributed by atoms with Crippen molar-refractivity contribution in [1.29, 1.82) is 0 Å². The minimum atomic E-state index is -4.02. The predicted octanol–water partition coefficient (Wildman–Crippen LogP) is 5.79. The zero-order valence-corrected chi connectivity index (χ0v) is 20.1. The van der Waals surface area contributed by atoms with E-state index in [1.165, 1.54) is 30.3 Å². The van der Waals surface area contributed by atoms with Crippen LogP contribution in [0.4, 0.5) is 11.4 Å². The van der Waals surface area contributed by atoms with Crippen LogP contribution >= 0.6 is 23.2 Å². The quantitative estimate of drug-likeness (QED) is 0.321. The Balaban J connectivity index is 1.69. The minimum Gasteiger partial charge on any atom is -0.371 e. The van der Waals surface area contributed by atoms with Gasteiger partial charge in [0, 0.05) is 21.1 Å². The van der Waals surface area contributed by atoms with Gasteiger partial charge in [0.25, 0.3) is 10.0 Å². The molecule has 0 saturated heterocycles. The molecule has 0 atom stereocenters. The van der Waals surface area contributed by atoms with E-state index >= 15 is 0 Å². The van der Waals surface area contributed by atoms with Crippen molar-refractivity contribution in [2.45, 2.75) is 9.79 Å². The first-order chi connectivity index (χ1) is 15.6. The molecule has 0 aromatic heterocycles. The summed E-state index contributed by atoms with van der Waals surface area (Å²) in [5.41, 5.74) is 0.721. The first-order valence-corrected chi connectivity index (χ1v) is 13.6. The fourth-order valence-electron chi connectivity index (χ4n) is 3.27. The van der Waals surface area contributed by atoms with E-state index in [4.69, 9.17) is 23.2 Å². The molecular formula is C23H18Cl2N2O4S2. The highest BCUT2D eigenvalue weighted by Crippen LogP contribution is 2.31. The molecule has 0 fully saturated rings. The molecule has 33 heavy (non-hydrogen) atoms. The molecule has 6 nitrogen and oxygen atoms in total. The Morgan fingerprint density at radius 3 is 2.03 bits per heavy atom. The summed E-state index contributed by atoms with van der Waals surface area (Å²) in [6.45, 7) is 0. The summed E-state index contributed by atoms with van der Waals surface area (Å²) in [4.78, 5) is 0.103. The number of anilines is 2. The maximum Gasteiger partial charge on any atom is 0.262 e. The van der Waals surface area contributed by atoms with Gasteiger partial charge in [-0.15, -0.1) is 0 Å². The molecule has 0 amide bonds. The van der Waals surface area contributed by atoms with Crippen LogP contribution in [-0.2, 0) is 19.9 Å². The van der Waals surface area contributed by atoms with Gasteiger partial charge in [-0.2, -0.15) is 0 Å². The molecule has 4 aromatic carbocycles. The van der Waals surface area contributed by atoms with Crippen LogP contribution in [0.2, 0.25) is 10.0 Å². The van der Waals surface area contributed by atoms with Crippen molar-refractivity contribution in [3.05, 3.63) is 95.0 Å². The number of sulfone groups is 1. The summed E-state index contributed by atoms with van der Waals surface area (Å²) < 4.78 is 53.9. The third-order valence-electron chi connectivity index (χ3n) is 4.82. The first kappa shape index (κ1) is 23.4. The van der Waals surface area contributed by atoms with Crippen LogP contribution in [0.15, 0.2) is 94.7 Å². The second-order valence-corrected chi connectivity index (χ2v) is 11.7. The molecule has 170 valence electrons. The molecule has 0 radical (unpaired) electrons. The lowest BCUT2D eigenvalue weighted by Gasteiger charge is -2.15. The molecule has 0 aliphatic rings. The van der Waals surface area contributed by atoms with Gasteiger partial charge in [-0.3, -0.25) is 4.72 Å². The number of hydrogen-bond donors (Lipinski definition) is 2. The topological polar surface area (TPSA) is 92.3 Å². The molecule has 0 spiro atoms. The number of rotatable bonds is 7. The zero-order valence-electron chi connectivity index (χ0n) is 17.0. The van der Waals surface area contributed by atoms with E-state index in [0.717, 1.165) is 5.39 Å². The van der Waals surface area contributed by atoms with Crippen molar-refractivity contribution in [1.82, 2.24) is 0 Å². The van der Waals surface area contributed by atoms with Gasteiger partial charge in [-0.1, -0.05) is 65.7 Å². The Morgan fingerprint density at radius 2 is 1.33 bits per heavy atom. The van der Waals surface area contributed by atoms with Crippen LogP contribution in [0.5, 0.6) is 0 Å². The Labute approximate surface area is 202 Å². The Hall–Kier alpha value is -2.78. The molecule has 4 rings (SSSR count). The molecule has 0 unspecified atom stereocenters. The molecule has 2 N–H and O–H groups in total. The highest BCUT2D eigenvalue weighted by Gasteiger charge is 2.19. The van der Waals surface area contributed by atoms with Crippen molar-refractivity contribution in [2.24, 2.45) is 0 Å². The van der Waals surface area contributed by atoms with Gasteiger partial charge in [0.05, 0.1) is 15.5 Å². The van der Waals surface area contributed by atoms with Gasteiger partial charge >= 0.3 is 0 Å². The lowest BCUT2D eigenvalue weighted by molar-refractivity contribution is 0.597. The van der Waals surface area contributed by atoms with E-state index in [1.807, 2.05) is 6.07 Å². The molecule has 10 heteroatoms. The van der Waals surface area contributed by atoms with Crippen LogP contribution in [-0.4, -0.2) is 22.7 Å². The van der Waals surface area contributed by atoms with Crippen molar-refractivity contribution in [3.8, 4) is 0 Å². The standard InChI is InChI=1S/C23H18Cl2N2O4S2/c24-17-11-18(25)13-21(12-17)33(30,31)27-23-14-19(10-16-6-4-5-9-22(16)23)26-15-32(28,29)20-7-2-1-3-8-20/h1-14,26-27H,15H2. The molecule has 0 aliphatic carbocycles. The van der Waals surface area contributed by atoms with Crippen molar-refractivity contribution < 1.29 is 16.8 Å². The van der Waals surface area contributed by atoms with E-state index < -0.39 is 19.9 Å². The monoisotopic (exact) mass is 520 g/mol. The van der Waals surface area contributed by atoms with E-state index in [-0.39, 0.29) is 31.4 Å². The fourth-order valence-corrected chi connectivity index (χ4v) is 6.17. The third kappa shape index (κ3) is 5.42.